The van der Waals surface area contributed by atoms with Gasteiger partial charge in [0.2, 0.25) is 0 Å². The van der Waals surface area contributed by atoms with Crippen LogP contribution in [0.4, 0.5) is 0 Å². The first-order valence-corrected chi connectivity index (χ1v) is 7.04. The van der Waals surface area contributed by atoms with Gasteiger partial charge in [0.1, 0.15) is 0 Å². The third-order valence-corrected chi connectivity index (χ3v) is 3.98. The molecule has 1 N–H and O–H groups in total. The minimum Gasteiger partial charge on any atom is -0.317 e. The molecule has 0 aromatic carbocycles. The van der Waals surface area contributed by atoms with Crippen LogP contribution >= 0.6 is 0 Å². The van der Waals surface area contributed by atoms with Crippen LogP contribution in [0, 0.1) is 5.92 Å². The van der Waals surface area contributed by atoms with E-state index in [1.54, 1.807) is 0 Å². The molecule has 2 unspecified atom stereocenters. The standard InChI is InChI=1S/C14H30N2/c1-12(2)7-8-13(3)16(4)14-6-5-10-15-11-9-14/h12-15H,5-11H2,1-4H3. The molecular formula is C14H30N2. The molecule has 0 saturated carbocycles. The summed E-state index contributed by atoms with van der Waals surface area (Å²) in [4.78, 5) is 2.62. The highest BCUT2D eigenvalue weighted by molar-refractivity contribution is 4.77. The molecule has 0 spiro atoms. The summed E-state index contributed by atoms with van der Waals surface area (Å²) in [6.07, 6.45) is 6.73. The van der Waals surface area contributed by atoms with Gasteiger partial charge in [0.15, 0.2) is 0 Å². The highest BCUT2D eigenvalue weighted by atomic mass is 15.2. The first-order valence-electron chi connectivity index (χ1n) is 7.04. The number of hydrogen-bond acceptors (Lipinski definition) is 2. The summed E-state index contributed by atoms with van der Waals surface area (Å²) >= 11 is 0. The van der Waals surface area contributed by atoms with Crippen molar-refractivity contribution in [1.82, 2.24) is 10.2 Å². The zero-order valence-corrected chi connectivity index (χ0v) is 11.6. The van der Waals surface area contributed by atoms with Crippen LogP contribution in [0.15, 0.2) is 0 Å². The predicted octanol–water partition coefficient (Wildman–Crippen LogP) is 2.89. The molecule has 16 heavy (non-hydrogen) atoms. The fourth-order valence-corrected chi connectivity index (χ4v) is 2.55. The van der Waals surface area contributed by atoms with E-state index in [-0.39, 0.29) is 0 Å². The fourth-order valence-electron chi connectivity index (χ4n) is 2.55. The lowest BCUT2D eigenvalue weighted by atomic mass is 10.0. The van der Waals surface area contributed by atoms with Gasteiger partial charge in [0.05, 0.1) is 0 Å². The highest BCUT2D eigenvalue weighted by Crippen LogP contribution is 2.18. The van der Waals surface area contributed by atoms with Crippen LogP contribution in [-0.2, 0) is 0 Å². The maximum Gasteiger partial charge on any atom is 0.0108 e. The average Bonchev–Trinajstić information content (AvgIpc) is 2.53. The maximum absolute atomic E-state index is 3.49. The molecule has 2 atom stereocenters. The van der Waals surface area contributed by atoms with Gasteiger partial charge < -0.3 is 10.2 Å². The normalized spacial score (nSPS) is 24.8. The second kappa shape index (κ2) is 7.29. The molecule has 2 heteroatoms. The van der Waals surface area contributed by atoms with E-state index in [9.17, 15) is 0 Å². The number of rotatable bonds is 5. The van der Waals surface area contributed by atoms with Crippen molar-refractivity contribution in [3.8, 4) is 0 Å². The third kappa shape index (κ3) is 4.84. The van der Waals surface area contributed by atoms with Crippen molar-refractivity contribution in [1.29, 1.82) is 0 Å². The zero-order chi connectivity index (χ0) is 12.0. The quantitative estimate of drug-likeness (QED) is 0.775. The van der Waals surface area contributed by atoms with Gasteiger partial charge in [-0.05, 0) is 65.1 Å². The number of nitrogens with zero attached hydrogens (tertiary/aromatic N) is 1. The molecule has 1 saturated heterocycles. The SMILES string of the molecule is CC(C)CCC(C)N(C)C1CCCNCC1. The van der Waals surface area contributed by atoms with Gasteiger partial charge in [-0.2, -0.15) is 0 Å². The Hall–Kier alpha value is -0.0800. The smallest absolute Gasteiger partial charge is 0.0108 e. The lowest BCUT2D eigenvalue weighted by Crippen LogP contribution is -2.39. The van der Waals surface area contributed by atoms with E-state index >= 15 is 0 Å². The molecule has 0 radical (unpaired) electrons. The van der Waals surface area contributed by atoms with E-state index in [1.165, 1.54) is 45.2 Å². The summed E-state index contributed by atoms with van der Waals surface area (Å²) < 4.78 is 0. The molecule has 0 bridgehead atoms. The van der Waals surface area contributed by atoms with Crippen molar-refractivity contribution in [2.24, 2.45) is 5.92 Å². The maximum atomic E-state index is 3.49. The Morgan fingerprint density at radius 1 is 1.12 bits per heavy atom. The van der Waals surface area contributed by atoms with Gasteiger partial charge >= 0.3 is 0 Å². The van der Waals surface area contributed by atoms with Crippen molar-refractivity contribution >= 4 is 0 Å². The van der Waals surface area contributed by atoms with Gasteiger partial charge in [-0.15, -0.1) is 0 Å². The molecule has 0 aliphatic carbocycles. The van der Waals surface area contributed by atoms with Crippen LogP contribution in [-0.4, -0.2) is 37.1 Å². The summed E-state index contributed by atoms with van der Waals surface area (Å²) in [6, 6.07) is 1.54. The average molecular weight is 226 g/mol. The van der Waals surface area contributed by atoms with Crippen molar-refractivity contribution in [2.75, 3.05) is 20.1 Å². The fraction of sp³-hybridized carbons (Fsp3) is 1.00. The lowest BCUT2D eigenvalue weighted by Gasteiger charge is -2.33. The second-order valence-corrected chi connectivity index (χ2v) is 5.82. The van der Waals surface area contributed by atoms with E-state index in [2.05, 4.69) is 38.0 Å². The molecule has 0 aromatic heterocycles. The number of nitrogens with one attached hydrogen (secondary N) is 1. The summed E-state index contributed by atoms with van der Waals surface area (Å²) in [5, 5.41) is 3.49. The van der Waals surface area contributed by atoms with Crippen molar-refractivity contribution in [2.45, 2.75) is 65.0 Å². The monoisotopic (exact) mass is 226 g/mol. The Bertz CT molecular complexity index is 172. The Morgan fingerprint density at radius 3 is 2.56 bits per heavy atom. The van der Waals surface area contributed by atoms with Gasteiger partial charge in [-0.3, -0.25) is 0 Å². The molecule has 0 amide bonds. The first kappa shape index (κ1) is 14.0. The van der Waals surface area contributed by atoms with Crippen LogP contribution in [0.3, 0.4) is 0 Å². The topological polar surface area (TPSA) is 15.3 Å². The van der Waals surface area contributed by atoms with Gasteiger partial charge in [0, 0.05) is 12.1 Å². The van der Waals surface area contributed by atoms with Crippen LogP contribution < -0.4 is 5.32 Å². The van der Waals surface area contributed by atoms with E-state index in [0.29, 0.717) is 0 Å². The summed E-state index contributed by atoms with van der Waals surface area (Å²) in [5.41, 5.74) is 0. The molecule has 2 nitrogen and oxygen atoms in total. The Balaban J connectivity index is 2.32. The van der Waals surface area contributed by atoms with Crippen LogP contribution in [0.25, 0.3) is 0 Å². The first-order chi connectivity index (χ1) is 7.61. The second-order valence-electron chi connectivity index (χ2n) is 5.82. The van der Waals surface area contributed by atoms with Crippen LogP contribution in [0.5, 0.6) is 0 Å². The predicted molar refractivity (Wildman–Crippen MR) is 71.8 cm³/mol. The number of hydrogen-bond donors (Lipinski definition) is 1. The van der Waals surface area contributed by atoms with Crippen molar-refractivity contribution in [3.05, 3.63) is 0 Å². The van der Waals surface area contributed by atoms with E-state index in [4.69, 9.17) is 0 Å². The summed E-state index contributed by atoms with van der Waals surface area (Å²) in [5.74, 6) is 0.839. The molecule has 1 aliphatic rings. The van der Waals surface area contributed by atoms with Gasteiger partial charge in [-0.1, -0.05) is 13.8 Å². The summed E-state index contributed by atoms with van der Waals surface area (Å²) in [6.45, 7) is 9.45. The van der Waals surface area contributed by atoms with Gasteiger partial charge in [0.25, 0.3) is 0 Å². The molecule has 1 heterocycles. The third-order valence-electron chi connectivity index (χ3n) is 3.98. The van der Waals surface area contributed by atoms with Crippen LogP contribution in [0.1, 0.15) is 52.9 Å². The highest BCUT2D eigenvalue weighted by Gasteiger charge is 2.20. The van der Waals surface area contributed by atoms with Crippen LogP contribution in [0.2, 0.25) is 0 Å². The van der Waals surface area contributed by atoms with Crippen molar-refractivity contribution < 1.29 is 0 Å². The minimum atomic E-state index is 0.741. The summed E-state index contributed by atoms with van der Waals surface area (Å²) in [7, 11) is 2.32. The molecule has 0 aromatic rings. The Morgan fingerprint density at radius 2 is 1.88 bits per heavy atom. The largest absolute Gasteiger partial charge is 0.317 e. The minimum absolute atomic E-state index is 0.741. The lowest BCUT2D eigenvalue weighted by molar-refractivity contribution is 0.158. The van der Waals surface area contributed by atoms with Gasteiger partial charge in [-0.25, -0.2) is 0 Å². The molecule has 1 fully saturated rings. The molecule has 1 rings (SSSR count). The molecular weight excluding hydrogens is 196 g/mol. The Kier molecular flexibility index (Phi) is 6.37. The Labute approximate surface area is 102 Å². The van der Waals surface area contributed by atoms with Crippen molar-refractivity contribution in [3.63, 3.8) is 0 Å². The van der Waals surface area contributed by atoms with E-state index in [0.717, 1.165) is 18.0 Å². The van der Waals surface area contributed by atoms with E-state index < -0.39 is 0 Å². The van der Waals surface area contributed by atoms with E-state index in [1.807, 2.05) is 0 Å². The molecule has 1 aliphatic heterocycles. The zero-order valence-electron chi connectivity index (χ0n) is 11.6. The molecule has 96 valence electrons.